The molecule has 0 aliphatic carbocycles. The molecule has 0 amide bonds. The highest BCUT2D eigenvalue weighted by Crippen LogP contribution is 2.18. The van der Waals surface area contributed by atoms with Crippen LogP contribution in [0, 0.1) is 22.0 Å². The first-order chi connectivity index (χ1) is 8.36. The van der Waals surface area contributed by atoms with Gasteiger partial charge in [0.2, 0.25) is 0 Å². The van der Waals surface area contributed by atoms with Gasteiger partial charge in [-0.1, -0.05) is 29.8 Å². The molecule has 1 aromatic rings. The number of alkyl halides is 1. The van der Waals surface area contributed by atoms with E-state index in [4.69, 9.17) is 0 Å². The van der Waals surface area contributed by atoms with Crippen LogP contribution in [0.1, 0.15) is 13.8 Å². The molecule has 0 fully saturated rings. The Morgan fingerprint density at radius 3 is 2.56 bits per heavy atom. The molecule has 18 heavy (non-hydrogen) atoms. The Morgan fingerprint density at radius 2 is 2.11 bits per heavy atom. The first-order valence-corrected chi connectivity index (χ1v) is 7.38. The average Bonchev–Trinajstić information content (AvgIpc) is 2.28. The van der Waals surface area contributed by atoms with Gasteiger partial charge >= 0.3 is 11.2 Å². The van der Waals surface area contributed by atoms with Crippen LogP contribution in [0.2, 0.25) is 0 Å². The van der Waals surface area contributed by atoms with E-state index in [9.17, 15) is 14.9 Å². The summed E-state index contributed by atoms with van der Waals surface area (Å²) in [5.41, 5.74) is -0.962. The first kappa shape index (κ1) is 15.4. The van der Waals surface area contributed by atoms with Crippen LogP contribution in [0.25, 0.3) is 0 Å². The van der Waals surface area contributed by atoms with Crippen molar-refractivity contribution in [3.8, 4) is 0 Å². The van der Waals surface area contributed by atoms with E-state index in [1.807, 2.05) is 0 Å². The molecule has 1 heterocycles. The van der Waals surface area contributed by atoms with Crippen LogP contribution in [-0.4, -0.2) is 14.8 Å². The number of halogens is 2. The van der Waals surface area contributed by atoms with Crippen LogP contribution >= 0.6 is 31.9 Å². The maximum Gasteiger partial charge on any atom is 0.335 e. The van der Waals surface area contributed by atoms with Crippen molar-refractivity contribution in [2.75, 3.05) is 5.33 Å². The van der Waals surface area contributed by atoms with E-state index in [1.165, 1.54) is 10.6 Å². The number of nitrogens with zero attached hydrogens (tertiary/aromatic N) is 2. The third kappa shape index (κ3) is 3.65. The Morgan fingerprint density at radius 1 is 1.50 bits per heavy atom. The second-order valence-electron chi connectivity index (χ2n) is 4.42. The van der Waals surface area contributed by atoms with E-state index in [0.29, 0.717) is 16.9 Å². The molecule has 0 aliphatic rings. The molecule has 0 aliphatic heterocycles. The Hall–Kier alpha value is -0.690. The van der Waals surface area contributed by atoms with Gasteiger partial charge in [0.05, 0.1) is 4.92 Å². The minimum atomic E-state index is -0.651. The predicted molar refractivity (Wildman–Crippen MR) is 77.2 cm³/mol. The minimum absolute atomic E-state index is 0.247. The topological polar surface area (TPSA) is 65.1 Å². The Labute approximate surface area is 122 Å². The zero-order chi connectivity index (χ0) is 13.9. The quantitative estimate of drug-likeness (QED) is 0.447. The van der Waals surface area contributed by atoms with Crippen LogP contribution in [0.5, 0.6) is 0 Å². The zero-order valence-electron chi connectivity index (χ0n) is 10.1. The monoisotopic (exact) mass is 380 g/mol. The largest absolute Gasteiger partial charge is 0.335 e. The normalized spacial score (nSPS) is 12.7. The highest BCUT2D eigenvalue weighted by molar-refractivity contribution is 9.10. The summed E-state index contributed by atoms with van der Waals surface area (Å²) in [6.45, 7) is 4.58. The molecule has 0 bridgehead atoms. The van der Waals surface area contributed by atoms with Crippen molar-refractivity contribution in [3.63, 3.8) is 0 Å². The summed E-state index contributed by atoms with van der Waals surface area (Å²) >= 11 is 6.59. The Kier molecular flexibility index (Phi) is 5.52. The molecule has 1 aromatic heterocycles. The van der Waals surface area contributed by atoms with Gasteiger partial charge < -0.3 is 4.57 Å². The molecule has 0 saturated heterocycles. The van der Waals surface area contributed by atoms with Gasteiger partial charge in [-0.2, -0.15) is 0 Å². The van der Waals surface area contributed by atoms with Crippen molar-refractivity contribution in [3.05, 3.63) is 37.2 Å². The summed E-state index contributed by atoms with van der Waals surface area (Å²) in [7, 11) is 0. The van der Waals surface area contributed by atoms with Crippen molar-refractivity contribution in [1.29, 1.82) is 0 Å². The smallest absolute Gasteiger partial charge is 0.308 e. The van der Waals surface area contributed by atoms with Gasteiger partial charge in [0.25, 0.3) is 0 Å². The van der Waals surface area contributed by atoms with Crippen molar-refractivity contribution in [2.24, 2.45) is 11.8 Å². The lowest BCUT2D eigenvalue weighted by molar-refractivity contribution is -0.386. The summed E-state index contributed by atoms with van der Waals surface area (Å²) in [6, 6.07) is 1.23. The molecule has 0 radical (unpaired) electrons. The predicted octanol–water partition coefficient (Wildman–Crippen LogP) is 3.19. The average molecular weight is 382 g/mol. The lowest BCUT2D eigenvalue weighted by Crippen LogP contribution is -2.28. The van der Waals surface area contributed by atoms with Crippen molar-refractivity contribution in [2.45, 2.75) is 20.4 Å². The van der Waals surface area contributed by atoms with Gasteiger partial charge in [-0.25, -0.2) is 0 Å². The second-order valence-corrected chi connectivity index (χ2v) is 5.98. The molecule has 1 unspecified atom stereocenters. The van der Waals surface area contributed by atoms with Crippen molar-refractivity contribution >= 4 is 37.5 Å². The molecule has 0 saturated carbocycles. The van der Waals surface area contributed by atoms with Gasteiger partial charge in [0, 0.05) is 28.6 Å². The van der Waals surface area contributed by atoms with E-state index in [2.05, 4.69) is 45.7 Å². The summed E-state index contributed by atoms with van der Waals surface area (Å²) in [6.07, 6.45) is 1.59. The summed E-state index contributed by atoms with van der Waals surface area (Å²) in [5.74, 6) is 0.630. The van der Waals surface area contributed by atoms with E-state index >= 15 is 0 Å². The molecular weight excluding hydrogens is 368 g/mol. The molecule has 1 atom stereocenters. The molecule has 7 heteroatoms. The summed E-state index contributed by atoms with van der Waals surface area (Å²) in [5, 5.41) is 11.5. The fourth-order valence-corrected chi connectivity index (χ4v) is 2.96. The van der Waals surface area contributed by atoms with E-state index < -0.39 is 16.2 Å². The van der Waals surface area contributed by atoms with Crippen LogP contribution in [0.15, 0.2) is 21.5 Å². The number of rotatable bonds is 5. The molecule has 0 spiro atoms. The highest BCUT2D eigenvalue weighted by Gasteiger charge is 2.19. The third-order valence-corrected chi connectivity index (χ3v) is 4.07. The first-order valence-electron chi connectivity index (χ1n) is 5.47. The molecule has 0 aromatic carbocycles. The molecule has 100 valence electrons. The number of hydrogen-bond donors (Lipinski definition) is 0. The van der Waals surface area contributed by atoms with E-state index in [-0.39, 0.29) is 5.92 Å². The SMILES string of the molecule is CC(C)C(CBr)Cn1cc(Br)cc([N+](=O)[O-])c1=O. The second kappa shape index (κ2) is 6.47. The van der Waals surface area contributed by atoms with Gasteiger partial charge in [-0.15, -0.1) is 0 Å². The van der Waals surface area contributed by atoms with E-state index in [1.54, 1.807) is 6.20 Å². The molecule has 0 N–H and O–H groups in total. The van der Waals surface area contributed by atoms with Gasteiger partial charge in [0.15, 0.2) is 0 Å². The Bertz CT molecular complexity index is 500. The zero-order valence-corrected chi connectivity index (χ0v) is 13.3. The van der Waals surface area contributed by atoms with Crippen LogP contribution in [0.4, 0.5) is 5.69 Å². The van der Waals surface area contributed by atoms with Crippen LogP contribution in [0.3, 0.4) is 0 Å². The van der Waals surface area contributed by atoms with Crippen LogP contribution < -0.4 is 5.56 Å². The Balaban J connectivity index is 3.17. The molecular formula is C11H14Br2N2O3. The fraction of sp³-hybridized carbons (Fsp3) is 0.545. The summed E-state index contributed by atoms with van der Waals surface area (Å²) in [4.78, 5) is 22.0. The number of hydrogen-bond acceptors (Lipinski definition) is 3. The maximum atomic E-state index is 11.9. The van der Waals surface area contributed by atoms with Gasteiger partial charge in [-0.3, -0.25) is 14.9 Å². The lowest BCUT2D eigenvalue weighted by atomic mass is 9.98. The lowest BCUT2D eigenvalue weighted by Gasteiger charge is -2.19. The number of pyridine rings is 1. The number of nitro groups is 1. The standard InChI is InChI=1S/C11H14Br2N2O3/c1-7(2)8(4-12)5-14-6-9(13)3-10(11(14)16)15(17)18/h3,6-8H,4-5H2,1-2H3. The minimum Gasteiger partial charge on any atom is -0.308 e. The van der Waals surface area contributed by atoms with Gasteiger partial charge in [-0.05, 0) is 27.8 Å². The fourth-order valence-electron chi connectivity index (χ4n) is 1.54. The summed E-state index contributed by atoms with van der Waals surface area (Å²) < 4.78 is 1.93. The maximum absolute atomic E-state index is 11.9. The van der Waals surface area contributed by atoms with Crippen molar-refractivity contribution < 1.29 is 4.92 Å². The number of aromatic nitrogens is 1. The molecule has 1 rings (SSSR count). The van der Waals surface area contributed by atoms with Crippen LogP contribution in [-0.2, 0) is 6.54 Å². The van der Waals surface area contributed by atoms with Crippen molar-refractivity contribution in [1.82, 2.24) is 4.57 Å². The molecule has 5 nitrogen and oxygen atoms in total. The highest BCUT2D eigenvalue weighted by atomic mass is 79.9. The van der Waals surface area contributed by atoms with E-state index in [0.717, 1.165) is 5.33 Å². The van der Waals surface area contributed by atoms with Gasteiger partial charge in [0.1, 0.15) is 0 Å². The third-order valence-electron chi connectivity index (χ3n) is 2.80.